The number of aromatic nitrogens is 8. The highest BCUT2D eigenvalue weighted by atomic mass is 32.1. The Hall–Kier alpha value is -12.9. The minimum Gasteiger partial charge on any atom is -0.496 e. The molecule has 0 amide bonds. The molecular weight excluding hydrogens is 1600 g/mol. The van der Waals surface area contributed by atoms with Gasteiger partial charge in [0.05, 0.1) is 99.4 Å². The summed E-state index contributed by atoms with van der Waals surface area (Å²) in [6.07, 6.45) is 11.9. The van der Waals surface area contributed by atoms with Crippen molar-refractivity contribution < 1.29 is 64.8 Å². The Balaban J connectivity index is 0.000000139. The Morgan fingerprint density at radius 1 is 0.397 bits per heavy atom. The Bertz CT molecular complexity index is 6170. The fourth-order valence-electron chi connectivity index (χ4n) is 16.9. The predicted octanol–water partition coefficient (Wildman–Crippen LogP) is 23.0. The molecule has 6 aromatic heterocycles. The van der Waals surface area contributed by atoms with Crippen LogP contribution in [0.15, 0.2) is 275 Å². The van der Waals surface area contributed by atoms with Crippen LogP contribution in [0.1, 0.15) is 123 Å². The van der Waals surface area contributed by atoms with E-state index < -0.39 is 0 Å². The van der Waals surface area contributed by atoms with Gasteiger partial charge in [-0.1, -0.05) is 205 Å². The van der Waals surface area contributed by atoms with E-state index in [2.05, 4.69) is 307 Å². The van der Waals surface area contributed by atoms with Crippen LogP contribution in [0.25, 0.3) is 101 Å². The molecule has 0 saturated carbocycles. The fourth-order valence-corrected chi connectivity index (χ4v) is 18.8. The summed E-state index contributed by atoms with van der Waals surface area (Å²) in [7, 11) is 22.7. The van der Waals surface area contributed by atoms with E-state index in [0.29, 0.717) is 11.8 Å². The van der Waals surface area contributed by atoms with Crippen molar-refractivity contribution in [2.24, 2.45) is 42.3 Å². The summed E-state index contributed by atoms with van der Waals surface area (Å²) >= 11 is 3.47. The van der Waals surface area contributed by atoms with Crippen LogP contribution < -0.4 is 55.9 Å². The van der Waals surface area contributed by atoms with Crippen molar-refractivity contribution in [1.29, 1.82) is 0 Å². The Kier molecular flexibility index (Phi) is 29.6. The second-order valence-corrected chi connectivity index (χ2v) is 35.1. The zero-order valence-electron chi connectivity index (χ0n) is 78.2. The van der Waals surface area contributed by atoms with Crippen molar-refractivity contribution in [1.82, 2.24) is 9.25 Å². The van der Waals surface area contributed by atoms with E-state index in [-0.39, 0.29) is 10.8 Å². The summed E-state index contributed by atoms with van der Waals surface area (Å²) in [4.78, 5) is 0. The zero-order chi connectivity index (χ0) is 90.6. The number of methoxy groups -OCH3 is 6. The fraction of sp³-hybridized carbons (Fsp3) is 0.278. The van der Waals surface area contributed by atoms with Gasteiger partial charge in [0, 0.05) is 60.9 Å². The standard InChI is InChI=1S/C24H29N2O.C24H31N2O.C18H18NO2.C18H18NOS.C12H14NO2.C12H14NOS/c1-16-20(27-7)14-13-19-21(16)26-22(24(4,5)23(19,2)3)18(15-25(26)6)17-11-9-8-10-12-17;1-16(2)19-10-8-11-20(17(3)4)24(19)26-14-22(25(6)15-26)21-12-9-13-23(27-7)18(21)5;2*1-13-15(10-7-11-17(13)20-3)16-12-21-18(19(16)2)14-8-5-4-6-9-14;2*1-9-10(5-4-6-12(9)14-3)11-7-15-8-13(11)2/h8-15H,1-7H3;8-17H,1-7H3;2*4-12H,1-3H3;2*4-8H,1-3H3/q6*+1. The number of rotatable bonds is 17. The van der Waals surface area contributed by atoms with E-state index in [1.54, 1.807) is 84.3 Å². The lowest BCUT2D eigenvalue weighted by molar-refractivity contribution is -0.745. The SMILES string of the molecule is COc1ccc2c(c1C)-n1c(c(-c3ccccc3)c[n+]1C)C(C)(C)C2(C)C.COc1cccc(-c2c[n+](-c3c(C(C)C)cccc3C(C)C)cn2C)c1C.COc1cccc(-c2coc(-c3ccccc3)[n+]2C)c1C.COc1cccc(-c2coc[n+]2C)c1C.COc1cccc(-c2csc(-c3ccccc3)[n+]2C)c1C.COc1cccc(-c2csc[n+]2C)c1C. The molecule has 0 spiro atoms. The largest absolute Gasteiger partial charge is 0.496 e. The van der Waals surface area contributed by atoms with Gasteiger partial charge in [-0.25, -0.2) is 9.13 Å². The molecule has 0 N–H and O–H groups in total. The molecule has 1 aliphatic heterocycles. The van der Waals surface area contributed by atoms with Gasteiger partial charge < -0.3 is 37.3 Å². The highest BCUT2D eigenvalue weighted by Gasteiger charge is 2.52. The van der Waals surface area contributed by atoms with E-state index in [1.165, 1.54) is 106 Å². The topological polar surface area (TPSA) is 115 Å². The van der Waals surface area contributed by atoms with Gasteiger partial charge in [0.2, 0.25) is 29.4 Å². The average Bonchev–Trinajstić information content (AvgIpc) is 1.44. The number of fused-ring (bicyclic) bond motifs is 3. The minimum absolute atomic E-state index is 0.0236. The van der Waals surface area contributed by atoms with Crippen molar-refractivity contribution in [2.75, 3.05) is 42.7 Å². The first kappa shape index (κ1) is 92.3. The predicted molar refractivity (Wildman–Crippen MR) is 510 cm³/mol. The van der Waals surface area contributed by atoms with Crippen LogP contribution >= 0.6 is 22.7 Å². The molecule has 7 heterocycles. The normalized spacial score (nSPS) is 12.0. The van der Waals surface area contributed by atoms with Gasteiger partial charge in [0.15, 0.2) is 25.3 Å². The van der Waals surface area contributed by atoms with Crippen LogP contribution in [0.3, 0.4) is 0 Å². The van der Waals surface area contributed by atoms with E-state index in [9.17, 15) is 0 Å². The second-order valence-electron chi connectivity index (χ2n) is 33.5. The summed E-state index contributed by atoms with van der Waals surface area (Å²) in [5, 5.41) is 5.62. The van der Waals surface area contributed by atoms with Crippen LogP contribution in [0.4, 0.5) is 0 Å². The molecule has 16 nitrogen and oxygen atoms in total. The third kappa shape index (κ3) is 18.9. The number of para-hydroxylation sites is 1. The number of thiazole rings is 2. The van der Waals surface area contributed by atoms with Gasteiger partial charge in [0.1, 0.15) is 86.0 Å². The maximum atomic E-state index is 5.79. The van der Waals surface area contributed by atoms with Crippen LogP contribution in [0, 0.1) is 41.5 Å². The van der Waals surface area contributed by atoms with Crippen LogP contribution in [-0.2, 0) is 53.1 Å². The molecule has 0 bridgehead atoms. The number of ether oxygens (including phenoxy) is 6. The Morgan fingerprint density at radius 3 is 1.29 bits per heavy atom. The number of aryl methyl sites for hydroxylation is 4. The van der Waals surface area contributed by atoms with Crippen molar-refractivity contribution in [2.45, 2.75) is 120 Å². The molecule has 650 valence electrons. The number of hydrogen-bond donors (Lipinski definition) is 0. The first-order valence-corrected chi connectivity index (χ1v) is 44.5. The third-order valence-corrected chi connectivity index (χ3v) is 26.6. The molecule has 0 radical (unpaired) electrons. The van der Waals surface area contributed by atoms with Gasteiger partial charge in [-0.05, 0) is 149 Å². The van der Waals surface area contributed by atoms with Gasteiger partial charge in [0.25, 0.3) is 16.4 Å². The van der Waals surface area contributed by atoms with Gasteiger partial charge in [-0.15, -0.1) is 9.36 Å². The van der Waals surface area contributed by atoms with E-state index in [1.807, 2.05) is 117 Å². The minimum atomic E-state index is -0.0482. The van der Waals surface area contributed by atoms with E-state index >= 15 is 0 Å². The van der Waals surface area contributed by atoms with E-state index in [4.69, 9.17) is 37.3 Å². The quantitative estimate of drug-likeness (QED) is 0.0828. The molecule has 18 heteroatoms. The van der Waals surface area contributed by atoms with Gasteiger partial charge >= 0.3 is 12.3 Å². The number of oxazole rings is 2. The summed E-state index contributed by atoms with van der Waals surface area (Å²) < 4.78 is 61.0. The Morgan fingerprint density at radius 2 is 0.833 bits per heavy atom. The van der Waals surface area contributed by atoms with Crippen LogP contribution in [0.5, 0.6) is 34.5 Å². The molecule has 0 saturated heterocycles. The Labute approximate surface area is 753 Å². The number of nitrogens with zero attached hydrogens (tertiary/aromatic N) is 8. The van der Waals surface area contributed by atoms with Crippen LogP contribution in [0.2, 0.25) is 0 Å². The van der Waals surface area contributed by atoms with Gasteiger partial charge in [-0.2, -0.15) is 18.3 Å². The average molecular weight is 1730 g/mol. The highest BCUT2D eigenvalue weighted by Crippen LogP contribution is 2.54. The van der Waals surface area contributed by atoms with Crippen molar-refractivity contribution in [3.63, 3.8) is 0 Å². The van der Waals surface area contributed by atoms with Crippen molar-refractivity contribution in [3.8, 4) is 135 Å². The van der Waals surface area contributed by atoms with Crippen LogP contribution in [-0.4, -0.2) is 51.9 Å². The molecule has 10 aromatic carbocycles. The lowest BCUT2D eigenvalue weighted by Gasteiger charge is -2.46. The van der Waals surface area contributed by atoms with E-state index in [0.717, 1.165) is 85.2 Å². The van der Waals surface area contributed by atoms with Crippen molar-refractivity contribution >= 4 is 22.7 Å². The maximum absolute atomic E-state index is 5.79. The summed E-state index contributed by atoms with van der Waals surface area (Å²) in [5.41, 5.74) is 33.5. The molecule has 0 atom stereocenters. The number of hydrogen-bond acceptors (Lipinski definition) is 10. The smallest absolute Gasteiger partial charge is 0.380 e. The third-order valence-electron chi connectivity index (χ3n) is 24.8. The first-order valence-electron chi connectivity index (χ1n) is 42.6. The van der Waals surface area contributed by atoms with Gasteiger partial charge in [-0.3, -0.25) is 0 Å². The molecule has 17 rings (SSSR count). The zero-order valence-corrected chi connectivity index (χ0v) is 79.9. The maximum Gasteiger partial charge on any atom is 0.380 e. The summed E-state index contributed by atoms with van der Waals surface area (Å²) in [6.45, 7) is 31.1. The second kappa shape index (κ2) is 40.4. The monoisotopic (exact) mass is 1720 g/mol. The highest BCUT2D eigenvalue weighted by molar-refractivity contribution is 7.13. The molecule has 1 aliphatic rings. The number of imidazole rings is 1. The lowest BCUT2D eigenvalue weighted by atomic mass is 9.59. The summed E-state index contributed by atoms with van der Waals surface area (Å²) in [6, 6.07) is 73.0. The lowest BCUT2D eigenvalue weighted by Crippen LogP contribution is -2.51. The molecule has 0 unspecified atom stereocenters. The summed E-state index contributed by atoms with van der Waals surface area (Å²) in [5.74, 6) is 7.29. The van der Waals surface area contributed by atoms with Crippen molar-refractivity contribution in [3.05, 3.63) is 322 Å². The molecular formula is C108H124N8O8S2+6. The molecule has 16 aromatic rings. The first-order chi connectivity index (χ1) is 60.5. The molecule has 0 fully saturated rings. The number of benzene rings is 10. The molecule has 0 aliphatic carbocycles. The molecule has 126 heavy (non-hydrogen) atoms.